The summed E-state index contributed by atoms with van der Waals surface area (Å²) in [7, 11) is 0. The smallest absolute Gasteiger partial charge is 0.328 e. The second-order valence-corrected chi connectivity index (χ2v) is 8.45. The van der Waals surface area contributed by atoms with Crippen molar-refractivity contribution in [2.24, 2.45) is 11.5 Å². The summed E-state index contributed by atoms with van der Waals surface area (Å²) in [5, 5.41) is 26.3. The van der Waals surface area contributed by atoms with E-state index in [1.54, 1.807) is 12.1 Å². The molecule has 0 saturated carbocycles. The Bertz CT molecular complexity index is 1100. The fourth-order valence-corrected chi connectivity index (χ4v) is 3.47. The van der Waals surface area contributed by atoms with Crippen LogP contribution in [0.5, 0.6) is 5.75 Å². The molecule has 0 heterocycles. The zero-order valence-corrected chi connectivity index (χ0v) is 20.3. The zero-order valence-electron chi connectivity index (χ0n) is 19.5. The van der Waals surface area contributed by atoms with Crippen LogP contribution in [-0.4, -0.2) is 59.1 Å². The number of carboxylic acid groups (broad SMARTS) is 1. The van der Waals surface area contributed by atoms with E-state index in [0.29, 0.717) is 31.4 Å². The second kappa shape index (κ2) is 14.0. The number of hydrogen-bond acceptors (Lipinski definition) is 7. The van der Waals surface area contributed by atoms with Crippen molar-refractivity contribution in [3.05, 3.63) is 64.2 Å². The van der Waals surface area contributed by atoms with Crippen LogP contribution in [0.3, 0.4) is 0 Å². The monoisotopic (exact) mass is 519 g/mol. The molecule has 2 aromatic carbocycles. The van der Waals surface area contributed by atoms with E-state index in [1.807, 2.05) is 0 Å². The average Bonchev–Trinajstić information content (AvgIpc) is 2.84. The third-order valence-corrected chi connectivity index (χ3v) is 5.54. The molecule has 194 valence electrons. The molecule has 0 aliphatic heterocycles. The van der Waals surface area contributed by atoms with E-state index < -0.39 is 35.8 Å². The minimum Gasteiger partial charge on any atom is -0.508 e. The minimum absolute atomic E-state index is 0.0442. The molecule has 0 aliphatic rings. The van der Waals surface area contributed by atoms with Crippen LogP contribution in [0, 0.1) is 0 Å². The van der Waals surface area contributed by atoms with Gasteiger partial charge in [0.25, 0.3) is 11.8 Å². The molecule has 0 unspecified atom stereocenters. The fourth-order valence-electron chi connectivity index (χ4n) is 3.20. The molecule has 0 spiro atoms. The molecule has 2 rings (SSSR count). The van der Waals surface area contributed by atoms with Gasteiger partial charge < -0.3 is 37.6 Å². The normalized spacial score (nSPS) is 12.3. The van der Waals surface area contributed by atoms with Gasteiger partial charge in [-0.05, 0) is 55.3 Å². The summed E-state index contributed by atoms with van der Waals surface area (Å²) in [6, 6.07) is 8.11. The summed E-state index contributed by atoms with van der Waals surface area (Å²) < 4.78 is 0. The highest BCUT2D eigenvalue weighted by molar-refractivity contribution is 6.34. The van der Waals surface area contributed by atoms with E-state index in [4.69, 9.17) is 23.1 Å². The van der Waals surface area contributed by atoms with Crippen molar-refractivity contribution in [3.8, 4) is 5.75 Å². The topological polar surface area (TPSA) is 197 Å². The van der Waals surface area contributed by atoms with Crippen molar-refractivity contribution < 1.29 is 29.4 Å². The Hall–Kier alpha value is -3.67. The van der Waals surface area contributed by atoms with Crippen molar-refractivity contribution in [2.75, 3.05) is 13.1 Å². The number of carbonyl (C=O) groups excluding carboxylic acids is 3. The molecule has 0 radical (unpaired) electrons. The largest absolute Gasteiger partial charge is 0.508 e. The van der Waals surface area contributed by atoms with E-state index in [0.717, 1.165) is 0 Å². The van der Waals surface area contributed by atoms with Gasteiger partial charge in [-0.2, -0.15) is 0 Å². The number of benzene rings is 2. The first-order valence-electron chi connectivity index (χ1n) is 11.2. The maximum atomic E-state index is 12.6. The number of amides is 3. The number of aromatic hydroxyl groups is 1. The van der Waals surface area contributed by atoms with E-state index in [1.165, 1.54) is 30.3 Å². The molecule has 12 heteroatoms. The number of phenolic OH excluding ortho intramolecular Hbond substituents is 1. The van der Waals surface area contributed by atoms with Crippen molar-refractivity contribution in [1.29, 1.82) is 0 Å². The predicted molar refractivity (Wildman–Crippen MR) is 134 cm³/mol. The molecule has 0 aromatic heterocycles. The quantitative estimate of drug-likeness (QED) is 0.188. The number of carboxylic acids is 1. The Balaban J connectivity index is 1.95. The van der Waals surface area contributed by atoms with Crippen LogP contribution in [0.1, 0.15) is 45.5 Å². The Kier molecular flexibility index (Phi) is 11.1. The zero-order chi connectivity index (χ0) is 26.7. The Morgan fingerprint density at radius 2 is 1.75 bits per heavy atom. The number of halogens is 1. The molecule has 2 aromatic rings. The van der Waals surface area contributed by atoms with Crippen molar-refractivity contribution in [1.82, 2.24) is 16.0 Å². The summed E-state index contributed by atoms with van der Waals surface area (Å²) in [4.78, 5) is 48.7. The number of nitrogens with one attached hydrogen (secondary N) is 3. The third kappa shape index (κ3) is 8.84. The molecule has 9 N–H and O–H groups in total. The first kappa shape index (κ1) is 28.6. The van der Waals surface area contributed by atoms with Gasteiger partial charge in [0.15, 0.2) is 0 Å². The van der Waals surface area contributed by atoms with E-state index in [-0.39, 0.29) is 35.0 Å². The van der Waals surface area contributed by atoms with Gasteiger partial charge in [-0.1, -0.05) is 30.2 Å². The van der Waals surface area contributed by atoms with Crippen LogP contribution in [0.25, 0.3) is 0 Å². The van der Waals surface area contributed by atoms with Crippen LogP contribution in [0.15, 0.2) is 42.5 Å². The van der Waals surface area contributed by atoms with Gasteiger partial charge in [0.05, 0.1) is 16.6 Å². The highest BCUT2D eigenvalue weighted by Crippen LogP contribution is 2.19. The maximum absolute atomic E-state index is 12.6. The number of nitrogens with two attached hydrogens (primary N) is 2. The molecular formula is C24H30ClN5O6. The molecule has 0 aliphatic carbocycles. The highest BCUT2D eigenvalue weighted by atomic mass is 35.5. The highest BCUT2D eigenvalue weighted by Gasteiger charge is 2.24. The van der Waals surface area contributed by atoms with Crippen molar-refractivity contribution in [2.45, 2.75) is 37.9 Å². The Labute approximate surface area is 213 Å². The van der Waals surface area contributed by atoms with Crippen molar-refractivity contribution in [3.63, 3.8) is 0 Å². The molecule has 36 heavy (non-hydrogen) atoms. The van der Waals surface area contributed by atoms with Crippen LogP contribution in [0.2, 0.25) is 5.02 Å². The molecule has 0 saturated heterocycles. The Morgan fingerprint density at radius 1 is 1.00 bits per heavy atom. The number of unbranched alkanes of at least 4 members (excludes halogenated alkanes) is 1. The first-order valence-corrected chi connectivity index (χ1v) is 11.6. The third-order valence-electron chi connectivity index (χ3n) is 5.23. The van der Waals surface area contributed by atoms with Gasteiger partial charge in [-0.15, -0.1) is 0 Å². The van der Waals surface area contributed by atoms with Crippen LogP contribution in [0.4, 0.5) is 0 Å². The average molecular weight is 520 g/mol. The number of aliphatic carboxylic acids is 1. The van der Waals surface area contributed by atoms with E-state index >= 15 is 0 Å². The fraction of sp³-hybridized carbons (Fsp3) is 0.333. The van der Waals surface area contributed by atoms with E-state index in [9.17, 15) is 29.4 Å². The van der Waals surface area contributed by atoms with Gasteiger partial charge >= 0.3 is 5.97 Å². The van der Waals surface area contributed by atoms with Gasteiger partial charge in [0.1, 0.15) is 11.8 Å². The molecule has 2 atom stereocenters. The van der Waals surface area contributed by atoms with Crippen LogP contribution >= 0.6 is 11.6 Å². The number of carbonyl (C=O) groups is 4. The lowest BCUT2D eigenvalue weighted by atomic mass is 10.1. The minimum atomic E-state index is -1.43. The summed E-state index contributed by atoms with van der Waals surface area (Å²) in [6.45, 7) is 0.266. The van der Waals surface area contributed by atoms with Crippen molar-refractivity contribution >= 4 is 35.3 Å². The van der Waals surface area contributed by atoms with Crippen LogP contribution < -0.4 is 27.4 Å². The molecule has 0 bridgehead atoms. The number of phenols is 1. The summed E-state index contributed by atoms with van der Waals surface area (Å²) in [5.74, 6) is -3.07. The predicted octanol–water partition coefficient (Wildman–Crippen LogP) is 0.731. The standard InChI is InChI=1S/C24H30ClN5O6/c25-18-11-15(21(32)28-12-14-4-3-5-16(31)10-14)7-8-17(18)22(33)30-20(24(35)36)13-29-23(34)19(27)6-1-2-9-26/h3-5,7-8,10-11,19-20,31H,1-2,6,9,12-13,26-27H2,(H,28,32)(H,29,34)(H,30,33)(H,35,36)/t19-,20-/m0/s1. The first-order chi connectivity index (χ1) is 17.1. The van der Waals surface area contributed by atoms with Gasteiger partial charge in [-0.3, -0.25) is 14.4 Å². The van der Waals surface area contributed by atoms with Gasteiger partial charge in [0.2, 0.25) is 5.91 Å². The van der Waals surface area contributed by atoms with Gasteiger partial charge in [-0.25, -0.2) is 4.79 Å². The molecular weight excluding hydrogens is 490 g/mol. The lowest BCUT2D eigenvalue weighted by Gasteiger charge is -2.18. The SMILES string of the molecule is NCCCC[C@H](N)C(=O)NC[C@H](NC(=O)c1ccc(C(=O)NCc2cccc(O)c2)cc1Cl)C(=O)O. The van der Waals surface area contributed by atoms with E-state index in [2.05, 4.69) is 16.0 Å². The van der Waals surface area contributed by atoms with Crippen LogP contribution in [-0.2, 0) is 16.1 Å². The molecule has 0 fully saturated rings. The molecule has 3 amide bonds. The number of hydrogen-bond donors (Lipinski definition) is 7. The Morgan fingerprint density at radius 3 is 2.39 bits per heavy atom. The lowest BCUT2D eigenvalue weighted by molar-refractivity contribution is -0.139. The molecule has 11 nitrogen and oxygen atoms in total. The lowest BCUT2D eigenvalue weighted by Crippen LogP contribution is -2.51. The summed E-state index contributed by atoms with van der Waals surface area (Å²) >= 11 is 6.18. The maximum Gasteiger partial charge on any atom is 0.328 e. The summed E-state index contributed by atoms with van der Waals surface area (Å²) in [5.41, 5.74) is 12.0. The second-order valence-electron chi connectivity index (χ2n) is 8.05. The number of rotatable bonds is 13. The van der Waals surface area contributed by atoms with Gasteiger partial charge in [0, 0.05) is 18.7 Å². The summed E-state index contributed by atoms with van der Waals surface area (Å²) in [6.07, 6.45) is 1.77.